The first kappa shape index (κ1) is 16.7. The van der Waals surface area contributed by atoms with Crippen molar-refractivity contribution in [3.63, 3.8) is 0 Å². The maximum Gasteiger partial charge on any atom is 0.211 e. The zero-order valence-electron chi connectivity index (χ0n) is 14.2. The lowest BCUT2D eigenvalue weighted by atomic mass is 9.94. The van der Waals surface area contributed by atoms with Gasteiger partial charge in [-0.1, -0.05) is 18.2 Å². The molecule has 28 heavy (non-hydrogen) atoms. The standard InChI is InChI=1S/C16H12N12/c17-5-9-11(19)10-12(22-16(21-6-18)24-15(10)23-13(9)20)7-2-1-3-8(4-7)14-25-27-28-26-14/h1-4,12H,(H,25,26,27,28)(H6,19,20,21,22,23,24). The van der Waals surface area contributed by atoms with Crippen molar-refractivity contribution in [1.29, 1.82) is 10.5 Å². The quantitative estimate of drug-likeness (QED) is 0.306. The third-order valence-corrected chi connectivity index (χ3v) is 4.16. The molecule has 0 fully saturated rings. The van der Waals surface area contributed by atoms with Crippen LogP contribution in [-0.4, -0.2) is 31.6 Å². The topological polar surface area (TPSA) is 203 Å². The van der Waals surface area contributed by atoms with Crippen LogP contribution in [0.25, 0.3) is 11.4 Å². The van der Waals surface area contributed by atoms with Crippen LogP contribution in [0.1, 0.15) is 22.7 Å². The number of nitrogens with two attached hydrogens (primary N) is 2. The van der Waals surface area contributed by atoms with E-state index in [1.165, 1.54) is 0 Å². The summed E-state index contributed by atoms with van der Waals surface area (Å²) in [7, 11) is 0. The number of pyridine rings is 1. The van der Waals surface area contributed by atoms with E-state index in [2.05, 4.69) is 41.2 Å². The van der Waals surface area contributed by atoms with Gasteiger partial charge in [0.1, 0.15) is 29.3 Å². The van der Waals surface area contributed by atoms with Crippen LogP contribution in [0.4, 0.5) is 17.3 Å². The zero-order valence-corrected chi connectivity index (χ0v) is 14.2. The highest BCUT2D eigenvalue weighted by molar-refractivity contribution is 5.98. The van der Waals surface area contributed by atoms with Gasteiger partial charge in [0.2, 0.25) is 11.8 Å². The lowest BCUT2D eigenvalue weighted by molar-refractivity contribution is 0.847. The molecular formula is C16H12N12. The van der Waals surface area contributed by atoms with Gasteiger partial charge in [-0.15, -0.1) is 10.2 Å². The van der Waals surface area contributed by atoms with Gasteiger partial charge in [0.25, 0.3) is 0 Å². The van der Waals surface area contributed by atoms with Crippen LogP contribution in [0.2, 0.25) is 0 Å². The van der Waals surface area contributed by atoms with Crippen molar-refractivity contribution in [2.45, 2.75) is 6.04 Å². The van der Waals surface area contributed by atoms with Crippen molar-refractivity contribution in [1.82, 2.24) is 30.9 Å². The van der Waals surface area contributed by atoms with E-state index < -0.39 is 6.04 Å². The summed E-state index contributed by atoms with van der Waals surface area (Å²) in [4.78, 5) is 8.73. The lowest BCUT2D eigenvalue weighted by Gasteiger charge is -2.26. The molecule has 0 saturated heterocycles. The fourth-order valence-electron chi connectivity index (χ4n) is 2.95. The Morgan fingerprint density at radius 2 is 2.07 bits per heavy atom. The van der Waals surface area contributed by atoms with Gasteiger partial charge in [0, 0.05) is 11.1 Å². The van der Waals surface area contributed by atoms with E-state index in [-0.39, 0.29) is 23.0 Å². The molecule has 0 aliphatic carbocycles. The smallest absolute Gasteiger partial charge is 0.211 e. The highest BCUT2D eigenvalue weighted by Gasteiger charge is 2.29. The Labute approximate surface area is 157 Å². The number of tetrazole rings is 1. The zero-order chi connectivity index (χ0) is 19.7. The molecule has 2 aromatic heterocycles. The molecule has 0 radical (unpaired) electrons. The number of hydrogen-bond donors (Lipinski definition) is 5. The summed E-state index contributed by atoms with van der Waals surface area (Å²) in [6, 6.07) is 8.61. The number of aliphatic imine (C=N–C) groups is 1. The van der Waals surface area contributed by atoms with Crippen LogP contribution in [0, 0.1) is 22.8 Å². The Kier molecular flexibility index (Phi) is 3.91. The van der Waals surface area contributed by atoms with Crippen molar-refractivity contribution in [2.75, 3.05) is 16.8 Å². The van der Waals surface area contributed by atoms with Crippen LogP contribution >= 0.6 is 0 Å². The molecule has 1 aliphatic rings. The van der Waals surface area contributed by atoms with Gasteiger partial charge in [-0.25, -0.2) is 9.98 Å². The third-order valence-electron chi connectivity index (χ3n) is 4.16. The van der Waals surface area contributed by atoms with E-state index in [0.717, 1.165) is 5.56 Å². The number of guanidine groups is 1. The summed E-state index contributed by atoms with van der Waals surface area (Å²) in [5.41, 5.74) is 14.2. The van der Waals surface area contributed by atoms with Crippen molar-refractivity contribution < 1.29 is 0 Å². The molecule has 1 aromatic carbocycles. The van der Waals surface area contributed by atoms with Gasteiger partial charge < -0.3 is 16.8 Å². The second-order valence-corrected chi connectivity index (χ2v) is 5.76. The Morgan fingerprint density at radius 3 is 2.79 bits per heavy atom. The summed E-state index contributed by atoms with van der Waals surface area (Å²) in [6.07, 6.45) is 1.81. The second kappa shape index (κ2) is 6.54. The molecule has 136 valence electrons. The fraction of sp³-hybridized carbons (Fsp3) is 0.0625. The first-order chi connectivity index (χ1) is 13.6. The number of rotatable bonds is 2. The number of fused-ring (bicyclic) bond motifs is 1. The molecular weight excluding hydrogens is 360 g/mol. The minimum atomic E-state index is -0.640. The number of aromatic nitrogens is 5. The van der Waals surface area contributed by atoms with Crippen molar-refractivity contribution in [2.24, 2.45) is 4.99 Å². The lowest BCUT2D eigenvalue weighted by Crippen LogP contribution is -2.32. The van der Waals surface area contributed by atoms with Gasteiger partial charge in [-0.2, -0.15) is 15.7 Å². The van der Waals surface area contributed by atoms with Gasteiger partial charge in [-0.3, -0.25) is 5.32 Å². The van der Waals surface area contributed by atoms with Crippen LogP contribution in [0.3, 0.4) is 0 Å². The molecule has 0 bridgehead atoms. The van der Waals surface area contributed by atoms with Crippen molar-refractivity contribution in [3.8, 4) is 23.7 Å². The number of nitrogens with one attached hydrogen (secondary N) is 3. The first-order valence-electron chi connectivity index (χ1n) is 7.95. The summed E-state index contributed by atoms with van der Waals surface area (Å²) in [5.74, 6) is 0.901. The van der Waals surface area contributed by atoms with Crippen LogP contribution in [-0.2, 0) is 0 Å². The third kappa shape index (κ3) is 2.67. The molecule has 3 heterocycles. The Morgan fingerprint density at radius 1 is 1.21 bits per heavy atom. The molecule has 1 atom stereocenters. The monoisotopic (exact) mass is 372 g/mol. The average Bonchev–Trinajstić information content (AvgIpc) is 3.23. The molecule has 3 aromatic rings. The largest absolute Gasteiger partial charge is 0.397 e. The van der Waals surface area contributed by atoms with E-state index in [0.29, 0.717) is 22.8 Å². The highest BCUT2D eigenvalue weighted by atomic mass is 15.5. The maximum absolute atomic E-state index is 9.37. The summed E-state index contributed by atoms with van der Waals surface area (Å²) in [5, 5.41) is 37.6. The van der Waals surface area contributed by atoms with Gasteiger partial charge in [0.15, 0.2) is 6.19 Å². The van der Waals surface area contributed by atoms with Crippen LogP contribution in [0.5, 0.6) is 0 Å². The summed E-state index contributed by atoms with van der Waals surface area (Å²) >= 11 is 0. The van der Waals surface area contributed by atoms with Gasteiger partial charge >= 0.3 is 0 Å². The maximum atomic E-state index is 9.37. The van der Waals surface area contributed by atoms with E-state index >= 15 is 0 Å². The van der Waals surface area contributed by atoms with Crippen LogP contribution in [0.15, 0.2) is 29.3 Å². The number of H-pyrrole nitrogens is 1. The van der Waals surface area contributed by atoms with Crippen molar-refractivity contribution in [3.05, 3.63) is 41.0 Å². The Bertz CT molecular complexity index is 1170. The molecule has 0 amide bonds. The van der Waals surface area contributed by atoms with E-state index in [1.807, 2.05) is 36.5 Å². The number of hydrogen-bond acceptors (Lipinski definition) is 11. The number of anilines is 3. The number of aromatic amines is 1. The minimum absolute atomic E-state index is 0.0104. The molecule has 4 rings (SSSR count). The molecule has 7 N–H and O–H groups in total. The SMILES string of the molecule is N#CNC1=NC(c2cccc(-c3nn[nH]n3)c2)c2c(nc(N)c(C#N)c2N)N1. The molecule has 1 unspecified atom stereocenters. The summed E-state index contributed by atoms with van der Waals surface area (Å²) < 4.78 is 0. The van der Waals surface area contributed by atoms with Crippen LogP contribution < -0.4 is 22.1 Å². The summed E-state index contributed by atoms with van der Waals surface area (Å²) in [6.45, 7) is 0. The first-order valence-corrected chi connectivity index (χ1v) is 7.95. The number of nitriles is 2. The van der Waals surface area contributed by atoms with E-state index in [4.69, 9.17) is 16.7 Å². The highest BCUT2D eigenvalue weighted by Crippen LogP contribution is 2.40. The van der Waals surface area contributed by atoms with E-state index in [1.54, 1.807) is 0 Å². The molecule has 0 spiro atoms. The predicted molar refractivity (Wildman–Crippen MR) is 99.0 cm³/mol. The van der Waals surface area contributed by atoms with Gasteiger partial charge in [0.05, 0.1) is 5.69 Å². The Hall–Kier alpha value is -4.71. The number of nitrogen functional groups attached to an aromatic ring is 2. The number of nitrogens with zero attached hydrogens (tertiary/aromatic N) is 7. The fourth-order valence-corrected chi connectivity index (χ4v) is 2.95. The average molecular weight is 372 g/mol. The molecule has 12 nitrogen and oxygen atoms in total. The van der Waals surface area contributed by atoms with Crippen molar-refractivity contribution >= 4 is 23.3 Å². The number of benzene rings is 1. The Balaban J connectivity index is 1.91. The molecule has 0 saturated carbocycles. The van der Waals surface area contributed by atoms with Gasteiger partial charge in [-0.05, 0) is 16.8 Å². The second-order valence-electron chi connectivity index (χ2n) is 5.76. The minimum Gasteiger partial charge on any atom is -0.397 e. The normalized spacial score (nSPS) is 14.8. The molecule has 1 aliphatic heterocycles. The van der Waals surface area contributed by atoms with E-state index in [9.17, 15) is 5.26 Å². The predicted octanol–water partition coefficient (Wildman–Crippen LogP) is 0.239. The molecule has 12 heteroatoms.